The maximum Gasteiger partial charge on any atom is 0.808 e. The largest absolute Gasteiger partial charge is 0.808 e. The lowest BCUT2D eigenvalue weighted by Crippen LogP contribution is -2.43. The second-order valence-electron chi connectivity index (χ2n) is 1.80. The van der Waals surface area contributed by atoms with Crippen LogP contribution < -0.4 is 4.48 Å². The fraction of sp³-hybridized carbons (Fsp3) is 0.250. The highest BCUT2D eigenvalue weighted by molar-refractivity contribution is 6.31. The predicted octanol–water partition coefficient (Wildman–Crippen LogP) is 0.0846. The molecule has 48 valence electrons. The number of imidazole rings is 1. The quantitative estimate of drug-likeness (QED) is 0.477. The van der Waals surface area contributed by atoms with Crippen molar-refractivity contribution < 1.29 is 13.1 Å². The normalized spacial score (nSPS) is 9.67. The molecule has 1 heterocycles. The number of aromatic nitrogens is 2. The molecule has 0 N–H and O–H groups in total. The van der Waals surface area contributed by atoms with Crippen LogP contribution in [0.25, 0.3) is 0 Å². The van der Waals surface area contributed by atoms with Crippen LogP contribution in [0.1, 0.15) is 0 Å². The van der Waals surface area contributed by atoms with Gasteiger partial charge in [-0.2, -0.15) is 0 Å². The molecule has 0 unspecified atom stereocenters. The number of hydrogen-bond donors (Lipinski definition) is 0. The van der Waals surface area contributed by atoms with E-state index in [1.807, 2.05) is 0 Å². The minimum absolute atomic E-state index is 0.833. The molecule has 0 fully saturated rings. The first-order valence-electron chi connectivity index (χ1n) is 2.51. The molecule has 9 heavy (non-hydrogen) atoms. The van der Waals surface area contributed by atoms with Gasteiger partial charge in [0.05, 0.1) is 7.05 Å². The van der Waals surface area contributed by atoms with Crippen molar-refractivity contribution in [3.8, 4) is 0 Å². The summed E-state index contributed by atoms with van der Waals surface area (Å²) in [5.74, 6) is 0. The van der Waals surface area contributed by atoms with E-state index in [2.05, 4.69) is 0 Å². The first-order valence-corrected chi connectivity index (χ1v) is 2.51. The van der Waals surface area contributed by atoms with Gasteiger partial charge in [0.1, 0.15) is 12.4 Å². The average Bonchev–Trinajstić information content (AvgIpc) is 2.14. The third kappa shape index (κ3) is 1.28. The lowest BCUT2D eigenvalue weighted by atomic mass is 10.2. The summed E-state index contributed by atoms with van der Waals surface area (Å²) in [7, 11) is -0.731. The minimum Gasteiger partial charge on any atom is -0.241 e. The first kappa shape index (κ1) is 6.26. The van der Waals surface area contributed by atoms with Crippen LogP contribution in [0, 0.1) is 0 Å². The van der Waals surface area contributed by atoms with Crippen LogP contribution in [0.2, 0.25) is 0 Å². The molecule has 1 aromatic heterocycles. The van der Waals surface area contributed by atoms with E-state index in [0.29, 0.717) is 0 Å². The Labute approximate surface area is 51.9 Å². The molecule has 1 aromatic rings. The Morgan fingerprint density at radius 1 is 1.56 bits per heavy atom. The van der Waals surface area contributed by atoms with E-state index in [0.717, 1.165) is 4.48 Å². The number of hydrogen-bond acceptors (Lipinski definition) is 0. The third-order valence-electron chi connectivity index (χ3n) is 1.01. The Kier molecular flexibility index (Phi) is 1.51. The van der Waals surface area contributed by atoms with E-state index in [4.69, 9.17) is 0 Å². The fourth-order valence-corrected chi connectivity index (χ4v) is 0.585. The van der Waals surface area contributed by atoms with Crippen LogP contribution in [-0.2, 0) is 7.05 Å². The SMILES string of the molecule is Cn1cc[n+](B(F)F)c1. The van der Waals surface area contributed by atoms with Gasteiger partial charge < -0.3 is 0 Å². The summed E-state index contributed by atoms with van der Waals surface area (Å²) in [5.41, 5.74) is 0. The van der Waals surface area contributed by atoms with E-state index in [9.17, 15) is 8.63 Å². The molecule has 0 amide bonds. The van der Waals surface area contributed by atoms with Crippen LogP contribution in [0.15, 0.2) is 18.7 Å². The summed E-state index contributed by atoms with van der Waals surface area (Å²) in [6.45, 7) is 0. The van der Waals surface area contributed by atoms with Gasteiger partial charge in [0.2, 0.25) is 6.33 Å². The second-order valence-corrected chi connectivity index (χ2v) is 1.80. The van der Waals surface area contributed by atoms with Crippen molar-refractivity contribution in [1.29, 1.82) is 0 Å². The van der Waals surface area contributed by atoms with Crippen LogP contribution in [0.3, 0.4) is 0 Å². The van der Waals surface area contributed by atoms with Crippen LogP contribution >= 0.6 is 0 Å². The average molecular weight is 131 g/mol. The standard InChI is InChI=1S/C4H6BF2N2/c1-8-2-3-9(4-8)5(6)7/h2-4H,1H3/q+1. The van der Waals surface area contributed by atoms with Gasteiger partial charge in [-0.25, -0.2) is 17.7 Å². The zero-order chi connectivity index (χ0) is 6.85. The van der Waals surface area contributed by atoms with Gasteiger partial charge in [-0.1, -0.05) is 0 Å². The molecule has 0 aromatic carbocycles. The number of aryl methyl sites for hydroxylation is 1. The van der Waals surface area contributed by atoms with Crippen molar-refractivity contribution in [3.63, 3.8) is 0 Å². The molecule has 0 atom stereocenters. The fourth-order valence-electron chi connectivity index (χ4n) is 0.585. The Morgan fingerprint density at radius 2 is 2.22 bits per heavy atom. The van der Waals surface area contributed by atoms with E-state index < -0.39 is 7.40 Å². The molecule has 0 radical (unpaired) electrons. The van der Waals surface area contributed by atoms with E-state index in [1.165, 1.54) is 12.5 Å². The van der Waals surface area contributed by atoms with Crippen molar-refractivity contribution in [1.82, 2.24) is 4.57 Å². The molecule has 0 aliphatic heterocycles. The van der Waals surface area contributed by atoms with Crippen molar-refractivity contribution in [3.05, 3.63) is 18.7 Å². The summed E-state index contributed by atoms with van der Waals surface area (Å²) in [5, 5.41) is 0. The highest BCUT2D eigenvalue weighted by Gasteiger charge is 2.24. The summed E-state index contributed by atoms with van der Waals surface area (Å²) in [6, 6.07) is 0. The van der Waals surface area contributed by atoms with Gasteiger partial charge in [-0.05, 0) is 0 Å². The van der Waals surface area contributed by atoms with Crippen LogP contribution in [-0.4, -0.2) is 12.0 Å². The Morgan fingerprint density at radius 3 is 2.44 bits per heavy atom. The highest BCUT2D eigenvalue weighted by atomic mass is 19.2. The Balaban J connectivity index is 2.85. The second kappa shape index (κ2) is 2.17. The third-order valence-corrected chi connectivity index (χ3v) is 1.01. The molecular weight excluding hydrogens is 125 g/mol. The van der Waals surface area contributed by atoms with E-state index in [1.54, 1.807) is 17.8 Å². The first-order chi connectivity index (χ1) is 4.20. The molecule has 0 aliphatic rings. The molecule has 0 saturated heterocycles. The minimum atomic E-state index is -2.42. The van der Waals surface area contributed by atoms with Gasteiger partial charge in [0.25, 0.3) is 0 Å². The Bertz CT molecular complexity index is 198. The van der Waals surface area contributed by atoms with Crippen molar-refractivity contribution in [2.75, 3.05) is 0 Å². The van der Waals surface area contributed by atoms with Gasteiger partial charge in [-0.15, -0.1) is 0 Å². The highest BCUT2D eigenvalue weighted by Crippen LogP contribution is 1.81. The number of nitrogens with zero attached hydrogens (tertiary/aromatic N) is 2. The van der Waals surface area contributed by atoms with Crippen LogP contribution in [0.4, 0.5) is 8.63 Å². The van der Waals surface area contributed by atoms with E-state index >= 15 is 0 Å². The molecular formula is C4H6BF2N2+. The summed E-state index contributed by atoms with van der Waals surface area (Å²) < 4.78 is 25.9. The van der Waals surface area contributed by atoms with Gasteiger partial charge >= 0.3 is 7.40 Å². The molecule has 0 aliphatic carbocycles. The predicted molar refractivity (Wildman–Crippen MR) is 29.0 cm³/mol. The topological polar surface area (TPSA) is 8.81 Å². The van der Waals surface area contributed by atoms with Crippen LogP contribution in [0.5, 0.6) is 0 Å². The monoisotopic (exact) mass is 131 g/mol. The molecule has 5 heteroatoms. The zero-order valence-electron chi connectivity index (χ0n) is 4.96. The molecule has 0 saturated carbocycles. The smallest absolute Gasteiger partial charge is 0.241 e. The maximum absolute atomic E-state index is 11.7. The summed E-state index contributed by atoms with van der Waals surface area (Å²) >= 11 is 0. The number of rotatable bonds is 1. The van der Waals surface area contributed by atoms with Gasteiger partial charge in [0, 0.05) is 0 Å². The Hall–Kier alpha value is -0.865. The molecule has 1 rings (SSSR count). The molecule has 2 nitrogen and oxygen atoms in total. The lowest BCUT2D eigenvalue weighted by Gasteiger charge is -1.81. The lowest BCUT2D eigenvalue weighted by molar-refractivity contribution is -0.553. The van der Waals surface area contributed by atoms with Crippen molar-refractivity contribution >= 4 is 7.40 Å². The molecule has 0 bridgehead atoms. The van der Waals surface area contributed by atoms with Gasteiger partial charge in [-0.3, -0.25) is 0 Å². The summed E-state index contributed by atoms with van der Waals surface area (Å²) in [4.78, 5) is 0. The number of halogens is 2. The molecule has 0 spiro atoms. The van der Waals surface area contributed by atoms with Crippen molar-refractivity contribution in [2.24, 2.45) is 7.05 Å². The van der Waals surface area contributed by atoms with E-state index in [-0.39, 0.29) is 0 Å². The zero-order valence-corrected chi connectivity index (χ0v) is 4.96. The maximum atomic E-state index is 11.7. The summed E-state index contributed by atoms with van der Waals surface area (Å²) in [6.07, 6.45) is 4.21. The van der Waals surface area contributed by atoms with Gasteiger partial charge in [0.15, 0.2) is 0 Å². The van der Waals surface area contributed by atoms with Crippen molar-refractivity contribution in [2.45, 2.75) is 0 Å².